The van der Waals surface area contributed by atoms with Crippen molar-refractivity contribution in [1.82, 2.24) is 0 Å². The van der Waals surface area contributed by atoms with Crippen molar-refractivity contribution < 1.29 is 4.89 Å². The molecular formula is C7H11OP. The van der Waals surface area contributed by atoms with E-state index in [1.54, 1.807) is 5.82 Å². The molecule has 1 N–H and O–H groups in total. The van der Waals surface area contributed by atoms with E-state index in [9.17, 15) is 4.89 Å². The van der Waals surface area contributed by atoms with Crippen molar-refractivity contribution >= 4 is 7.11 Å². The van der Waals surface area contributed by atoms with E-state index in [2.05, 4.69) is 6.58 Å². The summed E-state index contributed by atoms with van der Waals surface area (Å²) in [6.45, 7) is 5.59. The van der Waals surface area contributed by atoms with E-state index in [0.717, 1.165) is 11.1 Å². The molecule has 0 fully saturated rings. The largest absolute Gasteiger partial charge is 0.372 e. The van der Waals surface area contributed by atoms with Gasteiger partial charge in [-0.15, -0.1) is 0 Å². The summed E-state index contributed by atoms with van der Waals surface area (Å²) in [7, 11) is -1.82. The highest BCUT2D eigenvalue weighted by Gasteiger charge is 2.07. The summed E-state index contributed by atoms with van der Waals surface area (Å²) in [6.07, 6.45) is 0.818. The second-order valence-electron chi connectivity index (χ2n) is 2.08. The molecule has 9 heavy (non-hydrogen) atoms. The van der Waals surface area contributed by atoms with Crippen LogP contribution in [0, 0.1) is 4.94 Å². The highest BCUT2D eigenvalue weighted by molar-refractivity contribution is 7.65. The fourth-order valence-electron chi connectivity index (χ4n) is 0.712. The van der Waals surface area contributed by atoms with E-state index >= 15 is 0 Å². The molecule has 0 aliphatic carbocycles. The highest BCUT2D eigenvalue weighted by atomic mass is 31.2. The maximum Gasteiger partial charge on any atom is 0.0313 e. The van der Waals surface area contributed by atoms with Crippen molar-refractivity contribution in [3.05, 3.63) is 29.5 Å². The topological polar surface area (TPSA) is 20.2 Å². The van der Waals surface area contributed by atoms with Crippen LogP contribution in [0.15, 0.2) is 24.5 Å². The van der Waals surface area contributed by atoms with Crippen LogP contribution in [-0.4, -0.2) is 11.1 Å². The first-order valence-electron chi connectivity index (χ1n) is 3.02. The average Bonchev–Trinajstić information content (AvgIpc) is 2.68. The lowest BCUT2D eigenvalue weighted by atomic mass is 11.0. The first kappa shape index (κ1) is 6.85. The summed E-state index contributed by atoms with van der Waals surface area (Å²) in [5.74, 6) is 1.70. The highest BCUT2D eigenvalue weighted by Crippen LogP contribution is 2.48. The first-order chi connectivity index (χ1) is 4.23. The molecule has 2 heteroatoms. The molecule has 0 aromatic heterocycles. The van der Waals surface area contributed by atoms with Gasteiger partial charge in [-0.1, -0.05) is 25.6 Å². The van der Waals surface area contributed by atoms with Crippen LogP contribution in [0.3, 0.4) is 0 Å². The number of hydrogen-bond donors (Lipinski definition) is 1. The Bertz CT molecular complexity index is 241. The van der Waals surface area contributed by atoms with Gasteiger partial charge in [-0.05, 0) is 16.9 Å². The summed E-state index contributed by atoms with van der Waals surface area (Å²) in [5.41, 5.74) is 0. The smallest absolute Gasteiger partial charge is 0.0313 e. The van der Waals surface area contributed by atoms with Crippen molar-refractivity contribution in [3.8, 4) is 0 Å². The zero-order chi connectivity index (χ0) is 6.91. The maximum atomic E-state index is 9.66. The minimum absolute atomic E-state index is 0.818. The van der Waals surface area contributed by atoms with Gasteiger partial charge in [0.1, 0.15) is 0 Å². The molecule has 0 spiro atoms. The Labute approximate surface area is 55.4 Å². The van der Waals surface area contributed by atoms with Crippen molar-refractivity contribution in [3.63, 3.8) is 0 Å². The fraction of sp³-hybridized carbons (Fsp3) is 0.286. The van der Waals surface area contributed by atoms with Gasteiger partial charge in [-0.3, -0.25) is 0 Å². The predicted molar refractivity (Wildman–Crippen MR) is 41.9 cm³/mol. The summed E-state index contributed by atoms with van der Waals surface area (Å²) in [4.78, 5) is 10.8. The molecule has 50 valence electrons. The summed E-state index contributed by atoms with van der Waals surface area (Å²) in [6, 6.07) is 3.91. The molecule has 0 saturated heterocycles. The zero-order valence-electron chi connectivity index (χ0n) is 5.54. The predicted octanol–water partition coefficient (Wildman–Crippen LogP) is 2.18. The Morgan fingerprint density at radius 3 is 2.44 bits per heavy atom. The van der Waals surface area contributed by atoms with E-state index in [4.69, 9.17) is 0 Å². The van der Waals surface area contributed by atoms with Crippen LogP contribution >= 0.6 is 7.11 Å². The van der Waals surface area contributed by atoms with Crippen molar-refractivity contribution in [2.24, 2.45) is 0 Å². The molecule has 1 aromatic rings. The van der Waals surface area contributed by atoms with Crippen LogP contribution in [-0.2, 0) is 0 Å². The van der Waals surface area contributed by atoms with Gasteiger partial charge in [-0.2, -0.15) is 0 Å². The van der Waals surface area contributed by atoms with Crippen LogP contribution < -0.4 is 0 Å². The molecule has 1 unspecified atom stereocenters. The standard InChI is InChI=1S/C7H11OP/c1-3-9(8,4-2)7-5-6-7/h3,5-6,8H,1,4H2,2H3. The molecule has 0 bridgehead atoms. The lowest BCUT2D eigenvalue weighted by molar-refractivity contribution is 0.627. The van der Waals surface area contributed by atoms with Gasteiger partial charge < -0.3 is 4.89 Å². The Morgan fingerprint density at radius 2 is 2.33 bits per heavy atom. The quantitative estimate of drug-likeness (QED) is 0.627. The SMILES string of the molecule is C=CP(O)(CC)=c1cc1. The minimum Gasteiger partial charge on any atom is -0.372 e. The molecule has 0 heterocycles. The lowest BCUT2D eigenvalue weighted by Gasteiger charge is -2.07. The summed E-state index contributed by atoms with van der Waals surface area (Å²) < 4.78 is 0. The third kappa shape index (κ3) is 1.17. The summed E-state index contributed by atoms with van der Waals surface area (Å²) in [5, 5.41) is 0. The molecule has 1 rings (SSSR count). The molecule has 0 saturated carbocycles. The molecule has 0 aliphatic heterocycles. The van der Waals surface area contributed by atoms with Gasteiger partial charge in [0, 0.05) is 7.11 Å². The van der Waals surface area contributed by atoms with Crippen LogP contribution in [0.5, 0.6) is 0 Å². The normalized spacial score (nSPS) is 17.6. The number of rotatable bonds is 2. The molecule has 1 aromatic carbocycles. The van der Waals surface area contributed by atoms with Gasteiger partial charge in [-0.25, -0.2) is 0 Å². The number of hydrogen-bond acceptors (Lipinski definition) is 1. The Morgan fingerprint density at radius 1 is 1.78 bits per heavy atom. The van der Waals surface area contributed by atoms with E-state index in [1.807, 2.05) is 19.1 Å². The lowest BCUT2D eigenvalue weighted by Crippen LogP contribution is -1.76. The van der Waals surface area contributed by atoms with E-state index in [-0.39, 0.29) is 0 Å². The van der Waals surface area contributed by atoms with Crippen LogP contribution in [0.2, 0.25) is 0 Å². The molecule has 1 nitrogen and oxygen atoms in total. The Kier molecular flexibility index (Phi) is 1.65. The van der Waals surface area contributed by atoms with Crippen LogP contribution in [0.1, 0.15) is 6.92 Å². The first-order valence-corrected chi connectivity index (χ1v) is 5.02. The van der Waals surface area contributed by atoms with E-state index < -0.39 is 7.11 Å². The maximum absolute atomic E-state index is 9.66. The van der Waals surface area contributed by atoms with Crippen molar-refractivity contribution in [2.45, 2.75) is 6.92 Å². The Balaban J connectivity index is 3.14. The van der Waals surface area contributed by atoms with Crippen molar-refractivity contribution in [1.29, 1.82) is 0 Å². The van der Waals surface area contributed by atoms with Gasteiger partial charge >= 0.3 is 0 Å². The van der Waals surface area contributed by atoms with Gasteiger partial charge in [0.2, 0.25) is 0 Å². The van der Waals surface area contributed by atoms with Crippen molar-refractivity contribution in [2.75, 3.05) is 6.16 Å². The Hall–Kier alpha value is -0.260. The average molecular weight is 142 g/mol. The second kappa shape index (κ2) is 2.17. The van der Waals surface area contributed by atoms with E-state index in [0.29, 0.717) is 0 Å². The molecule has 1 atom stereocenters. The van der Waals surface area contributed by atoms with E-state index in [1.165, 1.54) is 0 Å². The summed E-state index contributed by atoms with van der Waals surface area (Å²) >= 11 is 0. The third-order valence-electron chi connectivity index (χ3n) is 1.55. The van der Waals surface area contributed by atoms with Gasteiger partial charge in [0.05, 0.1) is 0 Å². The van der Waals surface area contributed by atoms with Gasteiger partial charge in [0.15, 0.2) is 0 Å². The monoisotopic (exact) mass is 142 g/mol. The third-order valence-corrected chi connectivity index (χ3v) is 4.31. The zero-order valence-corrected chi connectivity index (χ0v) is 6.44. The molecule has 0 aliphatic rings. The fourth-order valence-corrected chi connectivity index (χ4v) is 2.14. The molecule has 0 amide bonds. The second-order valence-corrected chi connectivity index (χ2v) is 5.25. The van der Waals surface area contributed by atoms with Gasteiger partial charge in [0.25, 0.3) is 0 Å². The minimum atomic E-state index is -1.82. The van der Waals surface area contributed by atoms with Crippen LogP contribution in [0.4, 0.5) is 0 Å². The van der Waals surface area contributed by atoms with Crippen LogP contribution in [0.25, 0.3) is 0 Å². The molecule has 0 radical (unpaired) electrons. The molecular weight excluding hydrogens is 131 g/mol.